The Balaban J connectivity index is 2.38. The lowest BCUT2D eigenvalue weighted by molar-refractivity contribution is -0.120. The summed E-state index contributed by atoms with van der Waals surface area (Å²) in [5.74, 6) is 0.664. The van der Waals surface area contributed by atoms with E-state index in [-0.39, 0.29) is 16.7 Å². The maximum atomic E-state index is 11.6. The van der Waals surface area contributed by atoms with Crippen LogP contribution in [-0.4, -0.2) is 10.6 Å². The van der Waals surface area contributed by atoms with Gasteiger partial charge in [0.2, 0.25) is 0 Å². The van der Waals surface area contributed by atoms with Gasteiger partial charge in [0.1, 0.15) is 5.78 Å². The van der Waals surface area contributed by atoms with Crippen LogP contribution in [0, 0.1) is 16.7 Å². The fourth-order valence-corrected chi connectivity index (χ4v) is 4.54. The first kappa shape index (κ1) is 13.3. The Morgan fingerprint density at radius 2 is 2.12 bits per heavy atom. The van der Waals surface area contributed by atoms with Crippen molar-refractivity contribution < 1.29 is 4.79 Å². The van der Waals surface area contributed by atoms with Gasteiger partial charge in [-0.25, -0.2) is 0 Å². The first-order valence-corrected chi connectivity index (χ1v) is 7.54. The van der Waals surface area contributed by atoms with E-state index in [0.29, 0.717) is 10.6 Å². The van der Waals surface area contributed by atoms with Gasteiger partial charge < -0.3 is 0 Å². The van der Waals surface area contributed by atoms with Gasteiger partial charge in [-0.3, -0.25) is 4.79 Å². The van der Waals surface area contributed by atoms with Crippen molar-refractivity contribution in [3.8, 4) is 0 Å². The fraction of sp³-hybridized carbons (Fsp3) is 0.800. The predicted molar refractivity (Wildman–Crippen MR) is 75.3 cm³/mol. The Labute approximate surface area is 113 Å². The third-order valence-electron chi connectivity index (χ3n) is 5.49. The van der Waals surface area contributed by atoms with Gasteiger partial charge in [-0.2, -0.15) is 0 Å². The monoisotopic (exact) mass is 298 g/mol. The van der Waals surface area contributed by atoms with Gasteiger partial charge in [-0.1, -0.05) is 41.4 Å². The summed E-state index contributed by atoms with van der Waals surface area (Å²) in [7, 11) is 0. The molecule has 0 heterocycles. The molecule has 0 N–H and O–H groups in total. The first-order valence-electron chi connectivity index (χ1n) is 6.63. The van der Waals surface area contributed by atoms with Crippen LogP contribution in [-0.2, 0) is 4.79 Å². The van der Waals surface area contributed by atoms with E-state index in [1.807, 2.05) is 0 Å². The largest absolute Gasteiger partial charge is 0.300 e. The molecule has 0 saturated heterocycles. The van der Waals surface area contributed by atoms with Crippen molar-refractivity contribution in [2.24, 2.45) is 16.7 Å². The SMILES string of the molecule is CC(=O)[C@@H]1CC[C@@]2(C1)C(C)=CC[C@@H](Br)C2(C)C. The van der Waals surface area contributed by atoms with Crippen LogP contribution in [0.1, 0.15) is 53.4 Å². The molecule has 0 aliphatic heterocycles. The van der Waals surface area contributed by atoms with Crippen LogP contribution in [0.5, 0.6) is 0 Å². The van der Waals surface area contributed by atoms with E-state index in [2.05, 4.69) is 42.8 Å². The highest BCUT2D eigenvalue weighted by molar-refractivity contribution is 9.09. The van der Waals surface area contributed by atoms with Crippen molar-refractivity contribution in [3.63, 3.8) is 0 Å². The quantitative estimate of drug-likeness (QED) is 0.514. The van der Waals surface area contributed by atoms with Crippen LogP contribution >= 0.6 is 15.9 Å². The topological polar surface area (TPSA) is 17.1 Å². The maximum absolute atomic E-state index is 11.6. The highest BCUT2D eigenvalue weighted by Crippen LogP contribution is 2.62. The molecule has 0 aromatic heterocycles. The Morgan fingerprint density at radius 1 is 1.47 bits per heavy atom. The molecule has 1 nitrogen and oxygen atoms in total. The lowest BCUT2D eigenvalue weighted by Gasteiger charge is -2.51. The van der Waals surface area contributed by atoms with Crippen molar-refractivity contribution in [1.82, 2.24) is 0 Å². The van der Waals surface area contributed by atoms with Crippen LogP contribution in [0.4, 0.5) is 0 Å². The zero-order valence-corrected chi connectivity index (χ0v) is 12.9. The average molecular weight is 299 g/mol. The van der Waals surface area contributed by atoms with Gasteiger partial charge in [0.05, 0.1) is 0 Å². The van der Waals surface area contributed by atoms with E-state index in [1.54, 1.807) is 6.92 Å². The number of carbonyl (C=O) groups is 1. The Bertz CT molecular complexity index is 369. The molecule has 2 heteroatoms. The molecule has 0 radical (unpaired) electrons. The molecule has 0 amide bonds. The molecular formula is C15H23BrO. The van der Waals surface area contributed by atoms with E-state index in [9.17, 15) is 4.79 Å². The molecule has 0 unspecified atom stereocenters. The number of halogens is 1. The van der Waals surface area contributed by atoms with Crippen molar-refractivity contribution in [1.29, 1.82) is 0 Å². The second kappa shape index (κ2) is 4.22. The van der Waals surface area contributed by atoms with E-state index in [1.165, 1.54) is 12.0 Å². The first-order chi connectivity index (χ1) is 7.81. The minimum atomic E-state index is 0.246. The van der Waals surface area contributed by atoms with Gasteiger partial charge in [0.15, 0.2) is 0 Å². The second-order valence-corrected chi connectivity index (χ2v) is 7.55. The summed E-state index contributed by atoms with van der Waals surface area (Å²) in [6, 6.07) is 0. The van der Waals surface area contributed by atoms with Crippen molar-refractivity contribution in [3.05, 3.63) is 11.6 Å². The van der Waals surface area contributed by atoms with E-state index in [4.69, 9.17) is 0 Å². The maximum Gasteiger partial charge on any atom is 0.132 e. The molecule has 3 atom stereocenters. The number of rotatable bonds is 1. The Hall–Kier alpha value is -0.110. The van der Waals surface area contributed by atoms with Gasteiger partial charge in [0, 0.05) is 10.7 Å². The molecule has 1 fully saturated rings. The standard InChI is InChI=1S/C15H23BrO/c1-10-5-6-13(16)14(3,4)15(10)8-7-12(9-15)11(2)17/h5,12-13H,6-9H2,1-4H3/t12-,13-,15-/m1/s1. The Morgan fingerprint density at radius 3 is 2.65 bits per heavy atom. The summed E-state index contributed by atoms with van der Waals surface area (Å²) in [6.07, 6.45) is 6.80. The van der Waals surface area contributed by atoms with E-state index >= 15 is 0 Å². The molecule has 17 heavy (non-hydrogen) atoms. The van der Waals surface area contributed by atoms with Crippen molar-refractivity contribution in [2.45, 2.75) is 58.2 Å². The number of alkyl halides is 1. The van der Waals surface area contributed by atoms with Crippen LogP contribution in [0.3, 0.4) is 0 Å². The molecule has 2 rings (SSSR count). The number of ketones is 1. The van der Waals surface area contributed by atoms with Gasteiger partial charge >= 0.3 is 0 Å². The van der Waals surface area contributed by atoms with Crippen LogP contribution in [0.25, 0.3) is 0 Å². The van der Waals surface area contributed by atoms with Crippen LogP contribution < -0.4 is 0 Å². The molecular weight excluding hydrogens is 276 g/mol. The van der Waals surface area contributed by atoms with E-state index in [0.717, 1.165) is 19.3 Å². The molecule has 96 valence electrons. The molecule has 2 aliphatic rings. The number of carbonyl (C=O) groups excluding carboxylic acids is 1. The predicted octanol–water partition coefficient (Wildman–Crippen LogP) is 4.50. The highest BCUT2D eigenvalue weighted by Gasteiger charge is 2.55. The van der Waals surface area contributed by atoms with Crippen molar-refractivity contribution in [2.75, 3.05) is 0 Å². The van der Waals surface area contributed by atoms with E-state index < -0.39 is 0 Å². The zero-order chi connectivity index (χ0) is 12.8. The third kappa shape index (κ3) is 1.83. The summed E-state index contributed by atoms with van der Waals surface area (Å²) in [4.78, 5) is 12.2. The highest BCUT2D eigenvalue weighted by atomic mass is 79.9. The van der Waals surface area contributed by atoms with Crippen molar-refractivity contribution >= 4 is 21.7 Å². The average Bonchev–Trinajstić information content (AvgIpc) is 2.69. The fourth-order valence-electron chi connectivity index (χ4n) is 3.91. The second-order valence-electron chi connectivity index (χ2n) is 6.44. The Kier molecular flexibility index (Phi) is 3.31. The lowest BCUT2D eigenvalue weighted by Crippen LogP contribution is -2.45. The minimum Gasteiger partial charge on any atom is -0.300 e. The summed E-state index contributed by atoms with van der Waals surface area (Å²) >= 11 is 3.85. The van der Waals surface area contributed by atoms with Gasteiger partial charge in [-0.15, -0.1) is 0 Å². The molecule has 1 spiro atoms. The normalized spacial score (nSPS) is 40.4. The molecule has 0 aromatic rings. The number of Topliss-reactive ketones (excluding diaryl/α,β-unsaturated/α-hetero) is 1. The summed E-state index contributed by atoms with van der Waals surface area (Å²) < 4.78 is 0. The number of hydrogen-bond donors (Lipinski definition) is 0. The molecule has 0 aromatic carbocycles. The summed E-state index contributed by atoms with van der Waals surface area (Å²) in [5, 5.41) is 0. The smallest absolute Gasteiger partial charge is 0.132 e. The van der Waals surface area contributed by atoms with Crippen LogP contribution in [0.15, 0.2) is 11.6 Å². The molecule has 1 saturated carbocycles. The number of allylic oxidation sites excluding steroid dienone is 2. The minimum absolute atomic E-state index is 0.246. The lowest BCUT2D eigenvalue weighted by atomic mass is 9.56. The number of hydrogen-bond acceptors (Lipinski definition) is 1. The summed E-state index contributed by atoms with van der Waals surface area (Å²) in [5.41, 5.74) is 2.01. The van der Waals surface area contributed by atoms with Gasteiger partial charge in [0.25, 0.3) is 0 Å². The summed E-state index contributed by atoms with van der Waals surface area (Å²) in [6.45, 7) is 8.75. The molecule has 0 bridgehead atoms. The third-order valence-corrected chi connectivity index (χ3v) is 7.01. The van der Waals surface area contributed by atoms with Crippen LogP contribution in [0.2, 0.25) is 0 Å². The van der Waals surface area contributed by atoms with Gasteiger partial charge in [-0.05, 0) is 50.4 Å². The zero-order valence-electron chi connectivity index (χ0n) is 11.3. The molecule has 2 aliphatic carbocycles.